The SMILES string of the molecule is CCCCN(C)C(=O)c1ccc(C(=O)N2CCN(c3ccccc3)CC2)cc1. The number of hydrogen-bond acceptors (Lipinski definition) is 3. The van der Waals surface area contributed by atoms with Crippen molar-refractivity contribution in [2.24, 2.45) is 0 Å². The summed E-state index contributed by atoms with van der Waals surface area (Å²) < 4.78 is 0. The number of rotatable bonds is 6. The predicted octanol–water partition coefficient (Wildman–Crippen LogP) is 3.52. The fourth-order valence-electron chi connectivity index (χ4n) is 3.46. The highest BCUT2D eigenvalue weighted by atomic mass is 16.2. The van der Waals surface area contributed by atoms with Crippen LogP contribution in [0.15, 0.2) is 54.6 Å². The number of unbranched alkanes of at least 4 members (excludes halogenated alkanes) is 1. The van der Waals surface area contributed by atoms with Gasteiger partial charge >= 0.3 is 0 Å². The second kappa shape index (κ2) is 9.40. The summed E-state index contributed by atoms with van der Waals surface area (Å²) in [6.07, 6.45) is 2.05. The van der Waals surface area contributed by atoms with Gasteiger partial charge in [-0.1, -0.05) is 31.5 Å². The van der Waals surface area contributed by atoms with E-state index in [1.165, 1.54) is 5.69 Å². The molecule has 2 amide bonds. The van der Waals surface area contributed by atoms with Crippen LogP contribution in [0.5, 0.6) is 0 Å². The van der Waals surface area contributed by atoms with Gasteiger partial charge in [0, 0.05) is 56.6 Å². The molecule has 0 N–H and O–H groups in total. The molecular formula is C23H29N3O2. The molecule has 148 valence electrons. The van der Waals surface area contributed by atoms with E-state index in [-0.39, 0.29) is 11.8 Å². The lowest BCUT2D eigenvalue weighted by molar-refractivity contribution is 0.0744. The highest BCUT2D eigenvalue weighted by molar-refractivity contribution is 5.97. The number of nitrogens with zero attached hydrogens (tertiary/aromatic N) is 3. The van der Waals surface area contributed by atoms with Gasteiger partial charge < -0.3 is 14.7 Å². The standard InChI is InChI=1S/C23H29N3O2/c1-3-4-14-24(2)22(27)19-10-12-20(13-11-19)23(28)26-17-15-25(16-18-26)21-8-6-5-7-9-21/h5-13H,3-4,14-18H2,1-2H3. The summed E-state index contributed by atoms with van der Waals surface area (Å²) in [5, 5.41) is 0. The van der Waals surface area contributed by atoms with Gasteiger partial charge in [0.2, 0.25) is 0 Å². The zero-order chi connectivity index (χ0) is 19.9. The summed E-state index contributed by atoms with van der Waals surface area (Å²) in [5.41, 5.74) is 2.47. The fourth-order valence-corrected chi connectivity index (χ4v) is 3.46. The predicted molar refractivity (Wildman–Crippen MR) is 113 cm³/mol. The van der Waals surface area contributed by atoms with Crippen molar-refractivity contribution in [1.29, 1.82) is 0 Å². The molecule has 1 fully saturated rings. The largest absolute Gasteiger partial charge is 0.368 e. The molecule has 3 rings (SSSR count). The van der Waals surface area contributed by atoms with Gasteiger partial charge in [0.25, 0.3) is 11.8 Å². The molecule has 5 heteroatoms. The van der Waals surface area contributed by atoms with Gasteiger partial charge in [-0.3, -0.25) is 9.59 Å². The first-order chi connectivity index (χ1) is 13.6. The lowest BCUT2D eigenvalue weighted by Crippen LogP contribution is -2.48. The van der Waals surface area contributed by atoms with E-state index in [1.54, 1.807) is 29.2 Å². The first-order valence-electron chi connectivity index (χ1n) is 10.0. The summed E-state index contributed by atoms with van der Waals surface area (Å²) in [6, 6.07) is 17.4. The molecule has 2 aromatic rings. The second-order valence-electron chi connectivity index (χ2n) is 7.27. The molecule has 0 bridgehead atoms. The van der Waals surface area contributed by atoms with E-state index in [0.717, 1.165) is 32.5 Å². The molecule has 5 nitrogen and oxygen atoms in total. The van der Waals surface area contributed by atoms with Crippen LogP contribution in [0.4, 0.5) is 5.69 Å². The highest BCUT2D eigenvalue weighted by Gasteiger charge is 2.22. The first-order valence-corrected chi connectivity index (χ1v) is 10.0. The average molecular weight is 380 g/mol. The van der Waals surface area contributed by atoms with Crippen molar-refractivity contribution < 1.29 is 9.59 Å². The van der Waals surface area contributed by atoms with Crippen LogP contribution in [-0.4, -0.2) is 61.4 Å². The summed E-state index contributed by atoms with van der Waals surface area (Å²) in [7, 11) is 1.82. The smallest absolute Gasteiger partial charge is 0.253 e. The van der Waals surface area contributed by atoms with Crippen LogP contribution in [0, 0.1) is 0 Å². The van der Waals surface area contributed by atoms with Crippen molar-refractivity contribution in [3.8, 4) is 0 Å². The van der Waals surface area contributed by atoms with E-state index in [4.69, 9.17) is 0 Å². The molecule has 1 aliphatic rings. The lowest BCUT2D eigenvalue weighted by Gasteiger charge is -2.36. The number of hydrogen-bond donors (Lipinski definition) is 0. The maximum absolute atomic E-state index is 12.8. The highest BCUT2D eigenvalue weighted by Crippen LogP contribution is 2.17. The summed E-state index contributed by atoms with van der Waals surface area (Å²) in [4.78, 5) is 31.2. The number of amides is 2. The number of carbonyl (C=O) groups excluding carboxylic acids is 2. The monoisotopic (exact) mass is 379 g/mol. The van der Waals surface area contributed by atoms with Crippen molar-refractivity contribution in [2.45, 2.75) is 19.8 Å². The third-order valence-electron chi connectivity index (χ3n) is 5.26. The minimum absolute atomic E-state index is 0.00363. The van der Waals surface area contributed by atoms with Crippen LogP contribution in [0.1, 0.15) is 40.5 Å². The van der Waals surface area contributed by atoms with Crippen molar-refractivity contribution >= 4 is 17.5 Å². The summed E-state index contributed by atoms with van der Waals surface area (Å²) >= 11 is 0. The summed E-state index contributed by atoms with van der Waals surface area (Å²) in [6.45, 7) is 5.92. The van der Waals surface area contributed by atoms with Crippen molar-refractivity contribution in [2.75, 3.05) is 44.7 Å². The van der Waals surface area contributed by atoms with E-state index in [1.807, 2.05) is 30.1 Å². The first kappa shape index (κ1) is 19.9. The molecule has 0 aromatic heterocycles. The number of benzene rings is 2. The Balaban J connectivity index is 1.57. The average Bonchev–Trinajstić information content (AvgIpc) is 2.77. The molecule has 0 radical (unpaired) electrons. The number of anilines is 1. The van der Waals surface area contributed by atoms with Gasteiger partial charge in [0.05, 0.1) is 0 Å². The molecule has 28 heavy (non-hydrogen) atoms. The Hall–Kier alpha value is -2.82. The normalized spacial score (nSPS) is 14.1. The zero-order valence-corrected chi connectivity index (χ0v) is 16.8. The van der Waals surface area contributed by atoms with E-state index in [9.17, 15) is 9.59 Å². The molecule has 0 spiro atoms. The van der Waals surface area contributed by atoms with Crippen LogP contribution in [0.3, 0.4) is 0 Å². The Morgan fingerprint density at radius 1 is 0.893 bits per heavy atom. The van der Waals surface area contributed by atoms with E-state index < -0.39 is 0 Å². The van der Waals surface area contributed by atoms with Gasteiger partial charge in [-0.2, -0.15) is 0 Å². The van der Waals surface area contributed by atoms with Crippen molar-refractivity contribution in [3.05, 3.63) is 65.7 Å². The number of carbonyl (C=O) groups is 2. The number of piperazine rings is 1. The van der Waals surface area contributed by atoms with Crippen molar-refractivity contribution in [3.63, 3.8) is 0 Å². The Bertz CT molecular complexity index is 781. The molecule has 1 aliphatic heterocycles. The van der Waals surface area contributed by atoms with E-state index in [0.29, 0.717) is 24.2 Å². The Kier molecular flexibility index (Phi) is 6.69. The van der Waals surface area contributed by atoms with Gasteiger partial charge in [-0.05, 0) is 42.8 Å². The molecule has 0 atom stereocenters. The number of para-hydroxylation sites is 1. The summed E-state index contributed by atoms with van der Waals surface area (Å²) in [5.74, 6) is 0.0370. The zero-order valence-electron chi connectivity index (χ0n) is 16.8. The second-order valence-corrected chi connectivity index (χ2v) is 7.27. The van der Waals surface area contributed by atoms with Gasteiger partial charge in [-0.15, -0.1) is 0 Å². The molecule has 0 saturated carbocycles. The van der Waals surface area contributed by atoms with Crippen LogP contribution in [0.2, 0.25) is 0 Å². The third-order valence-corrected chi connectivity index (χ3v) is 5.26. The minimum atomic E-state index is 0.00363. The molecule has 0 unspecified atom stereocenters. The van der Waals surface area contributed by atoms with Crippen LogP contribution < -0.4 is 4.90 Å². The molecule has 0 aliphatic carbocycles. The fraction of sp³-hybridized carbons (Fsp3) is 0.391. The van der Waals surface area contributed by atoms with E-state index >= 15 is 0 Å². The van der Waals surface area contributed by atoms with Crippen LogP contribution in [-0.2, 0) is 0 Å². The van der Waals surface area contributed by atoms with Gasteiger partial charge in [0.15, 0.2) is 0 Å². The Labute approximate surface area is 167 Å². The maximum atomic E-state index is 12.8. The quantitative estimate of drug-likeness (QED) is 0.771. The maximum Gasteiger partial charge on any atom is 0.253 e. The van der Waals surface area contributed by atoms with Gasteiger partial charge in [-0.25, -0.2) is 0 Å². The lowest BCUT2D eigenvalue weighted by atomic mass is 10.1. The van der Waals surface area contributed by atoms with Crippen LogP contribution in [0.25, 0.3) is 0 Å². The molecular weight excluding hydrogens is 350 g/mol. The topological polar surface area (TPSA) is 43.9 Å². The van der Waals surface area contributed by atoms with Crippen LogP contribution >= 0.6 is 0 Å². The third kappa shape index (κ3) is 4.71. The molecule has 1 saturated heterocycles. The van der Waals surface area contributed by atoms with Crippen molar-refractivity contribution in [1.82, 2.24) is 9.80 Å². The van der Waals surface area contributed by atoms with E-state index in [2.05, 4.69) is 24.0 Å². The molecule has 1 heterocycles. The Morgan fingerprint density at radius 3 is 2.11 bits per heavy atom. The van der Waals surface area contributed by atoms with Gasteiger partial charge in [0.1, 0.15) is 0 Å². The minimum Gasteiger partial charge on any atom is -0.368 e. The Morgan fingerprint density at radius 2 is 1.50 bits per heavy atom. The molecule has 2 aromatic carbocycles.